The van der Waals surface area contributed by atoms with E-state index in [-0.39, 0.29) is 50.7 Å². The summed E-state index contributed by atoms with van der Waals surface area (Å²) in [5.74, 6) is -2.77. The highest BCUT2D eigenvalue weighted by atomic mass is 32.2. The van der Waals surface area contributed by atoms with Crippen molar-refractivity contribution >= 4 is 58.3 Å². The number of carbonyl (C=O) groups is 4. The summed E-state index contributed by atoms with van der Waals surface area (Å²) in [5.41, 5.74) is 29.0. The standard InChI is InChI=1S/C28H45N11O5S/c1-45-13-10-21(25(42)39-22(26(43)44)14-16-15-36-19-8-3-2-6-17(16)19)38-24(41)20(9-5-12-35-28(32)33)37-23(40)18(29)7-4-11-34-27(30)31/h2-3,6,8,15,18,20-22,36H,4-5,7,9-14,29H2,1H3,(H,37,40)(H,38,41)(H,39,42)(H,43,44)(H4,30,31,34)(H4,32,33,35). The molecule has 248 valence electrons. The summed E-state index contributed by atoms with van der Waals surface area (Å²) in [7, 11) is 0. The average molecular weight is 648 g/mol. The Bertz CT molecular complexity index is 1340. The van der Waals surface area contributed by atoms with Gasteiger partial charge < -0.3 is 54.7 Å². The van der Waals surface area contributed by atoms with Crippen LogP contribution in [-0.2, 0) is 25.6 Å². The molecule has 0 bridgehead atoms. The first-order valence-electron chi connectivity index (χ1n) is 14.5. The van der Waals surface area contributed by atoms with Crippen molar-refractivity contribution in [2.24, 2.45) is 38.7 Å². The van der Waals surface area contributed by atoms with Crippen LogP contribution in [0.1, 0.15) is 37.7 Å². The molecule has 0 fully saturated rings. The Hall–Kier alpha value is -4.51. The van der Waals surface area contributed by atoms with Crippen molar-refractivity contribution in [3.63, 3.8) is 0 Å². The number of aromatic amines is 1. The first-order valence-corrected chi connectivity index (χ1v) is 15.9. The number of fused-ring (bicyclic) bond motifs is 1. The van der Waals surface area contributed by atoms with Crippen LogP contribution >= 0.6 is 11.8 Å². The van der Waals surface area contributed by atoms with E-state index in [1.54, 1.807) is 6.20 Å². The van der Waals surface area contributed by atoms with Gasteiger partial charge in [0.2, 0.25) is 17.7 Å². The molecule has 1 aromatic carbocycles. The lowest BCUT2D eigenvalue weighted by Crippen LogP contribution is -2.57. The number of benzene rings is 1. The number of aliphatic imine (C=N–C) groups is 2. The van der Waals surface area contributed by atoms with Crippen LogP contribution in [0, 0.1) is 0 Å². The lowest BCUT2D eigenvalue weighted by Gasteiger charge is -2.25. The van der Waals surface area contributed by atoms with E-state index in [1.165, 1.54) is 11.8 Å². The molecule has 2 aromatic rings. The highest BCUT2D eigenvalue weighted by Gasteiger charge is 2.30. The van der Waals surface area contributed by atoms with Gasteiger partial charge in [-0.25, -0.2) is 4.79 Å². The minimum atomic E-state index is -1.25. The summed E-state index contributed by atoms with van der Waals surface area (Å²) in [6, 6.07) is 3.10. The van der Waals surface area contributed by atoms with E-state index in [9.17, 15) is 24.3 Å². The highest BCUT2D eigenvalue weighted by Crippen LogP contribution is 2.19. The van der Waals surface area contributed by atoms with Gasteiger partial charge in [-0.2, -0.15) is 11.8 Å². The Morgan fingerprint density at radius 2 is 1.40 bits per heavy atom. The topological polar surface area (TPSA) is 295 Å². The van der Waals surface area contributed by atoms with Crippen molar-refractivity contribution in [3.8, 4) is 0 Å². The number of hydrogen-bond acceptors (Lipinski definition) is 8. The largest absolute Gasteiger partial charge is 0.480 e. The molecule has 1 heterocycles. The zero-order valence-corrected chi connectivity index (χ0v) is 26.1. The number of nitrogens with two attached hydrogens (primary N) is 5. The molecule has 0 aliphatic carbocycles. The fourth-order valence-electron chi connectivity index (χ4n) is 4.47. The summed E-state index contributed by atoms with van der Waals surface area (Å²) in [4.78, 5) is 62.7. The van der Waals surface area contributed by atoms with Gasteiger partial charge in [0.15, 0.2) is 11.9 Å². The first-order chi connectivity index (χ1) is 21.4. The number of guanidine groups is 2. The van der Waals surface area contributed by atoms with Crippen LogP contribution in [0.5, 0.6) is 0 Å². The van der Waals surface area contributed by atoms with Crippen LogP contribution in [-0.4, -0.2) is 95.0 Å². The Balaban J connectivity index is 2.15. The molecule has 0 saturated heterocycles. The molecule has 3 amide bonds. The fourth-order valence-corrected chi connectivity index (χ4v) is 4.94. The number of amides is 3. The van der Waals surface area contributed by atoms with E-state index in [0.29, 0.717) is 18.6 Å². The Morgan fingerprint density at radius 3 is 2.00 bits per heavy atom. The number of hydrogen-bond donors (Lipinski definition) is 10. The van der Waals surface area contributed by atoms with E-state index in [2.05, 4.69) is 30.9 Å². The second kappa shape index (κ2) is 19.0. The maximum atomic E-state index is 13.5. The number of para-hydroxylation sites is 1. The summed E-state index contributed by atoms with van der Waals surface area (Å²) >= 11 is 1.46. The lowest BCUT2D eigenvalue weighted by molar-refractivity contribution is -0.142. The molecule has 1 aromatic heterocycles. The Morgan fingerprint density at radius 1 is 0.844 bits per heavy atom. The minimum Gasteiger partial charge on any atom is -0.480 e. The van der Waals surface area contributed by atoms with Gasteiger partial charge in [0, 0.05) is 36.6 Å². The number of carboxylic acids is 1. The Labute approximate surface area is 265 Å². The fraction of sp³-hybridized carbons (Fsp3) is 0.500. The number of nitrogens with one attached hydrogen (secondary N) is 4. The summed E-state index contributed by atoms with van der Waals surface area (Å²) in [6.45, 7) is 0.493. The van der Waals surface area contributed by atoms with E-state index in [4.69, 9.17) is 28.7 Å². The summed E-state index contributed by atoms with van der Waals surface area (Å²) < 4.78 is 0. The number of aliphatic carboxylic acids is 1. The number of carboxylic acid groups (broad SMARTS) is 1. The van der Waals surface area contributed by atoms with Crippen molar-refractivity contribution in [1.29, 1.82) is 0 Å². The van der Waals surface area contributed by atoms with Gasteiger partial charge in [-0.05, 0) is 55.7 Å². The molecule has 17 heteroatoms. The minimum absolute atomic E-state index is 0.0266. The van der Waals surface area contributed by atoms with Gasteiger partial charge >= 0.3 is 5.97 Å². The van der Waals surface area contributed by atoms with Crippen molar-refractivity contribution < 1.29 is 24.3 Å². The predicted octanol–water partition coefficient (Wildman–Crippen LogP) is -1.56. The van der Waals surface area contributed by atoms with Gasteiger partial charge in [0.1, 0.15) is 18.1 Å². The smallest absolute Gasteiger partial charge is 0.326 e. The second-order valence-electron chi connectivity index (χ2n) is 10.4. The zero-order chi connectivity index (χ0) is 33.4. The van der Waals surface area contributed by atoms with Crippen LogP contribution in [0.15, 0.2) is 40.4 Å². The molecule has 0 saturated carbocycles. The number of aromatic nitrogens is 1. The number of rotatable bonds is 20. The maximum Gasteiger partial charge on any atom is 0.326 e. The maximum absolute atomic E-state index is 13.5. The van der Waals surface area contributed by atoms with Gasteiger partial charge in [-0.3, -0.25) is 24.4 Å². The van der Waals surface area contributed by atoms with E-state index >= 15 is 0 Å². The van der Waals surface area contributed by atoms with Gasteiger partial charge in [-0.1, -0.05) is 18.2 Å². The molecule has 15 N–H and O–H groups in total. The van der Waals surface area contributed by atoms with Crippen molar-refractivity contribution in [3.05, 3.63) is 36.0 Å². The molecule has 16 nitrogen and oxygen atoms in total. The first kappa shape index (κ1) is 36.7. The summed E-state index contributed by atoms with van der Waals surface area (Å²) in [6.07, 6.45) is 4.98. The number of thioether (sulfide) groups is 1. The number of H-pyrrole nitrogens is 1. The van der Waals surface area contributed by atoms with Crippen molar-refractivity contribution in [1.82, 2.24) is 20.9 Å². The summed E-state index contributed by atoms with van der Waals surface area (Å²) in [5, 5.41) is 18.7. The van der Waals surface area contributed by atoms with Gasteiger partial charge in [0.05, 0.1) is 6.04 Å². The second-order valence-corrected chi connectivity index (χ2v) is 11.4. The SMILES string of the molecule is CSCCC(NC(=O)C(CCCN=C(N)N)NC(=O)C(N)CCCN=C(N)N)C(=O)NC(Cc1c[nH]c2ccccc12)C(=O)O. The molecule has 0 radical (unpaired) electrons. The molecule has 4 atom stereocenters. The van der Waals surface area contributed by atoms with Crippen molar-refractivity contribution in [2.75, 3.05) is 25.1 Å². The third-order valence-electron chi connectivity index (χ3n) is 6.84. The molecule has 2 rings (SSSR count). The van der Waals surface area contributed by atoms with Crippen LogP contribution in [0.2, 0.25) is 0 Å². The number of nitrogens with zero attached hydrogens (tertiary/aromatic N) is 2. The van der Waals surface area contributed by atoms with Gasteiger partial charge in [-0.15, -0.1) is 0 Å². The third-order valence-corrected chi connectivity index (χ3v) is 7.48. The Kier molecular flexibility index (Phi) is 15.5. The monoisotopic (exact) mass is 647 g/mol. The molecular formula is C28H45N11O5S. The third kappa shape index (κ3) is 12.9. The lowest BCUT2D eigenvalue weighted by atomic mass is 10.0. The van der Waals surface area contributed by atoms with Crippen LogP contribution < -0.4 is 44.6 Å². The van der Waals surface area contributed by atoms with E-state index in [1.807, 2.05) is 30.5 Å². The van der Waals surface area contributed by atoms with Gasteiger partial charge in [0.25, 0.3) is 0 Å². The molecule has 0 aliphatic rings. The number of carbonyl (C=O) groups excluding carboxylic acids is 3. The molecular weight excluding hydrogens is 602 g/mol. The van der Waals surface area contributed by atoms with Crippen LogP contribution in [0.4, 0.5) is 0 Å². The van der Waals surface area contributed by atoms with Crippen LogP contribution in [0.3, 0.4) is 0 Å². The quantitative estimate of drug-likeness (QED) is 0.0445. The van der Waals surface area contributed by atoms with Crippen molar-refractivity contribution in [2.45, 2.75) is 62.7 Å². The predicted molar refractivity (Wildman–Crippen MR) is 176 cm³/mol. The van der Waals surface area contributed by atoms with E-state index < -0.39 is 47.9 Å². The normalized spacial score (nSPS) is 13.6. The molecule has 0 aliphatic heterocycles. The highest BCUT2D eigenvalue weighted by molar-refractivity contribution is 7.98. The zero-order valence-electron chi connectivity index (χ0n) is 25.3. The molecule has 4 unspecified atom stereocenters. The molecule has 45 heavy (non-hydrogen) atoms. The average Bonchev–Trinajstić information content (AvgIpc) is 3.40. The molecule has 0 spiro atoms. The van der Waals surface area contributed by atoms with E-state index in [0.717, 1.165) is 16.5 Å². The van der Waals surface area contributed by atoms with Crippen LogP contribution in [0.25, 0.3) is 10.9 Å².